The summed E-state index contributed by atoms with van der Waals surface area (Å²) < 4.78 is 28.1. The lowest BCUT2D eigenvalue weighted by Crippen LogP contribution is -2.24. The van der Waals surface area contributed by atoms with Crippen molar-refractivity contribution < 1.29 is 8.42 Å². The molecule has 1 heterocycles. The molecular weight excluding hydrogens is 413 g/mol. The van der Waals surface area contributed by atoms with Crippen LogP contribution in [-0.2, 0) is 10.0 Å². The predicted octanol–water partition coefficient (Wildman–Crippen LogP) is 3.00. The van der Waals surface area contributed by atoms with Crippen molar-refractivity contribution in [1.29, 1.82) is 0 Å². The highest BCUT2D eigenvalue weighted by Gasteiger charge is 2.17. The van der Waals surface area contributed by atoms with Gasteiger partial charge in [-0.15, -0.1) is 11.3 Å². The minimum Gasteiger partial charge on any atom is -0.210 e. The Balaban J connectivity index is 2.57. The van der Waals surface area contributed by atoms with Crippen LogP contribution in [-0.4, -0.2) is 19.4 Å². The first-order valence-corrected chi connectivity index (χ1v) is 9.04. The lowest BCUT2D eigenvalue weighted by Gasteiger charge is -2.04. The number of alkyl halides is 1. The maximum Gasteiger partial charge on any atom is 0.251 e. The van der Waals surface area contributed by atoms with Gasteiger partial charge in [-0.3, -0.25) is 0 Å². The van der Waals surface area contributed by atoms with Crippen molar-refractivity contribution in [1.82, 2.24) is 4.72 Å². The van der Waals surface area contributed by atoms with Crippen LogP contribution in [0.25, 0.3) is 0 Å². The van der Waals surface area contributed by atoms with Crippen molar-refractivity contribution in [2.45, 2.75) is 17.1 Å². The van der Waals surface area contributed by atoms with Gasteiger partial charge in [0.1, 0.15) is 4.21 Å². The first kappa shape index (κ1) is 13.9. The van der Waals surface area contributed by atoms with Crippen LogP contribution in [0.15, 0.2) is 20.1 Å². The highest BCUT2D eigenvalue weighted by atomic mass is 127. The lowest BCUT2D eigenvalue weighted by molar-refractivity contribution is 0.580. The standard InChI is InChI=1S/C8H11BrINO2S2/c9-7-3-6-14-8(7)15(12,13)11-5-2-1-4-10/h3,6,11H,1-2,4-5H2. The number of hydrogen-bond acceptors (Lipinski definition) is 3. The largest absolute Gasteiger partial charge is 0.251 e. The number of hydrogen-bond donors (Lipinski definition) is 1. The van der Waals surface area contributed by atoms with Crippen LogP contribution in [0, 0.1) is 0 Å². The van der Waals surface area contributed by atoms with E-state index in [1.807, 2.05) is 0 Å². The molecule has 1 aromatic heterocycles. The maximum atomic E-state index is 11.7. The summed E-state index contributed by atoms with van der Waals surface area (Å²) in [6.45, 7) is 0.510. The van der Waals surface area contributed by atoms with Crippen LogP contribution in [0.4, 0.5) is 0 Å². The van der Waals surface area contributed by atoms with Gasteiger partial charge in [0.05, 0.1) is 0 Å². The molecule has 0 unspecified atom stereocenters. The van der Waals surface area contributed by atoms with Crippen LogP contribution in [0.2, 0.25) is 0 Å². The third-order valence-corrected chi connectivity index (χ3v) is 6.57. The lowest BCUT2D eigenvalue weighted by atomic mass is 10.3. The Morgan fingerprint density at radius 3 is 2.73 bits per heavy atom. The van der Waals surface area contributed by atoms with Crippen LogP contribution in [0.3, 0.4) is 0 Å². The number of sulfonamides is 1. The summed E-state index contributed by atoms with van der Waals surface area (Å²) in [5.74, 6) is 0. The fourth-order valence-electron chi connectivity index (χ4n) is 0.963. The van der Waals surface area contributed by atoms with Gasteiger partial charge in [0.15, 0.2) is 0 Å². The second-order valence-electron chi connectivity index (χ2n) is 2.85. The minimum absolute atomic E-state index is 0.358. The van der Waals surface area contributed by atoms with Crippen molar-refractivity contribution in [2.24, 2.45) is 0 Å². The summed E-state index contributed by atoms with van der Waals surface area (Å²) in [4.78, 5) is 0. The van der Waals surface area contributed by atoms with Crippen LogP contribution in [0.1, 0.15) is 12.8 Å². The van der Waals surface area contributed by atoms with E-state index in [-0.39, 0.29) is 0 Å². The van der Waals surface area contributed by atoms with E-state index in [1.165, 1.54) is 11.3 Å². The smallest absolute Gasteiger partial charge is 0.210 e. The maximum absolute atomic E-state index is 11.7. The molecule has 0 aliphatic heterocycles. The molecule has 0 atom stereocenters. The zero-order chi connectivity index (χ0) is 11.3. The Hall–Kier alpha value is 0.820. The first-order valence-electron chi connectivity index (χ1n) is 4.36. The summed E-state index contributed by atoms with van der Waals surface area (Å²) in [5.41, 5.74) is 0. The molecule has 0 fully saturated rings. The Morgan fingerprint density at radius 1 is 1.47 bits per heavy atom. The van der Waals surface area contributed by atoms with E-state index in [2.05, 4.69) is 43.2 Å². The molecule has 0 saturated carbocycles. The van der Waals surface area contributed by atoms with Crippen molar-refractivity contribution >= 4 is 59.9 Å². The molecule has 0 aliphatic rings. The molecule has 86 valence electrons. The molecule has 0 bridgehead atoms. The summed E-state index contributed by atoms with van der Waals surface area (Å²) in [6, 6.07) is 1.74. The van der Waals surface area contributed by atoms with Gasteiger partial charge in [0.2, 0.25) is 0 Å². The highest BCUT2D eigenvalue weighted by Crippen LogP contribution is 2.27. The van der Waals surface area contributed by atoms with Crippen molar-refractivity contribution in [3.8, 4) is 0 Å². The zero-order valence-corrected chi connectivity index (χ0v) is 13.2. The molecule has 15 heavy (non-hydrogen) atoms. The van der Waals surface area contributed by atoms with E-state index >= 15 is 0 Å². The van der Waals surface area contributed by atoms with E-state index < -0.39 is 10.0 Å². The minimum atomic E-state index is -3.31. The zero-order valence-electron chi connectivity index (χ0n) is 7.87. The first-order chi connectivity index (χ1) is 7.08. The van der Waals surface area contributed by atoms with Gasteiger partial charge >= 0.3 is 0 Å². The van der Waals surface area contributed by atoms with E-state index in [0.717, 1.165) is 17.3 Å². The van der Waals surface area contributed by atoms with Gasteiger partial charge in [-0.25, -0.2) is 13.1 Å². The summed E-state index contributed by atoms with van der Waals surface area (Å²) in [7, 11) is -3.31. The molecule has 1 N–H and O–H groups in total. The fraction of sp³-hybridized carbons (Fsp3) is 0.500. The van der Waals surface area contributed by atoms with Crippen LogP contribution in [0.5, 0.6) is 0 Å². The van der Waals surface area contributed by atoms with Gasteiger partial charge in [0.25, 0.3) is 10.0 Å². The molecule has 0 amide bonds. The number of thiophene rings is 1. The highest BCUT2D eigenvalue weighted by molar-refractivity contribution is 14.1. The number of unbranched alkanes of at least 4 members (excludes halogenated alkanes) is 1. The Morgan fingerprint density at radius 2 is 2.20 bits per heavy atom. The van der Waals surface area contributed by atoms with Gasteiger partial charge in [-0.1, -0.05) is 22.6 Å². The Labute approximate surface area is 116 Å². The average Bonchev–Trinajstić information content (AvgIpc) is 2.60. The van der Waals surface area contributed by atoms with Crippen LogP contribution < -0.4 is 4.72 Å². The van der Waals surface area contributed by atoms with Gasteiger partial charge in [-0.2, -0.15) is 0 Å². The van der Waals surface area contributed by atoms with Gasteiger partial charge in [0, 0.05) is 11.0 Å². The normalized spacial score (nSPS) is 11.9. The van der Waals surface area contributed by atoms with E-state index in [1.54, 1.807) is 11.4 Å². The Bertz CT molecular complexity index is 405. The fourth-order valence-corrected chi connectivity index (χ4v) is 4.96. The number of rotatable bonds is 6. The molecule has 0 spiro atoms. The predicted molar refractivity (Wildman–Crippen MR) is 75.3 cm³/mol. The molecule has 3 nitrogen and oxygen atoms in total. The Kier molecular flexibility index (Phi) is 6.04. The summed E-state index contributed by atoms with van der Waals surface area (Å²) in [5, 5.41) is 1.75. The van der Waals surface area contributed by atoms with Gasteiger partial charge < -0.3 is 0 Å². The average molecular weight is 424 g/mol. The topological polar surface area (TPSA) is 46.2 Å². The number of nitrogens with one attached hydrogen (secondary N) is 1. The number of halogens is 2. The molecule has 7 heteroatoms. The second kappa shape index (κ2) is 6.53. The summed E-state index contributed by atoms with van der Waals surface area (Å²) in [6.07, 6.45) is 1.92. The molecule has 0 saturated heterocycles. The third-order valence-electron chi connectivity index (χ3n) is 1.68. The monoisotopic (exact) mass is 423 g/mol. The third kappa shape index (κ3) is 4.29. The molecule has 0 radical (unpaired) electrons. The van der Waals surface area contributed by atoms with Crippen molar-refractivity contribution in [3.05, 3.63) is 15.9 Å². The van der Waals surface area contributed by atoms with E-state index in [0.29, 0.717) is 15.2 Å². The molecule has 0 aromatic carbocycles. The molecule has 1 rings (SSSR count). The molecular formula is C8H11BrINO2S2. The van der Waals surface area contributed by atoms with Crippen molar-refractivity contribution in [2.75, 3.05) is 11.0 Å². The van der Waals surface area contributed by atoms with Crippen LogP contribution >= 0.6 is 49.9 Å². The molecule has 1 aromatic rings. The van der Waals surface area contributed by atoms with Gasteiger partial charge in [-0.05, 0) is 44.6 Å². The second-order valence-corrected chi connectivity index (χ2v) is 7.66. The molecule has 0 aliphatic carbocycles. The van der Waals surface area contributed by atoms with Crippen molar-refractivity contribution in [3.63, 3.8) is 0 Å². The SMILES string of the molecule is O=S(=O)(NCCCCI)c1sccc1Br. The summed E-state index contributed by atoms with van der Waals surface area (Å²) >= 11 is 6.72. The quantitative estimate of drug-likeness (QED) is 0.434. The van der Waals surface area contributed by atoms with E-state index in [4.69, 9.17) is 0 Å². The van der Waals surface area contributed by atoms with E-state index in [9.17, 15) is 8.42 Å².